The summed E-state index contributed by atoms with van der Waals surface area (Å²) in [5.41, 5.74) is 0. The van der Waals surface area contributed by atoms with E-state index in [1.807, 2.05) is 0 Å². The second-order valence-corrected chi connectivity index (χ2v) is 7.02. The summed E-state index contributed by atoms with van der Waals surface area (Å²) in [7, 11) is 2.06. The number of nitrogens with zero attached hydrogens (tertiary/aromatic N) is 3. The Morgan fingerprint density at radius 2 is 2.20 bits per heavy atom. The van der Waals surface area contributed by atoms with Gasteiger partial charge in [-0.2, -0.15) is 16.9 Å². The number of rotatable bonds is 8. The molecule has 1 N–H and O–H groups in total. The SMILES string of the molecule is CCCn1ncnc1CC(CSC1CCCCC1)NC. The Bertz CT molecular complexity index is 374. The summed E-state index contributed by atoms with van der Waals surface area (Å²) >= 11 is 2.15. The molecule has 1 aromatic heterocycles. The largest absolute Gasteiger partial charge is 0.316 e. The number of aromatic nitrogens is 3. The van der Waals surface area contributed by atoms with Gasteiger partial charge in [0.05, 0.1) is 0 Å². The molecule has 1 saturated carbocycles. The lowest BCUT2D eigenvalue weighted by Crippen LogP contribution is -2.32. The van der Waals surface area contributed by atoms with Gasteiger partial charge >= 0.3 is 0 Å². The van der Waals surface area contributed by atoms with Gasteiger partial charge in [-0.3, -0.25) is 4.68 Å². The normalized spacial score (nSPS) is 18.3. The van der Waals surface area contributed by atoms with Crippen LogP contribution in [-0.4, -0.2) is 38.9 Å². The van der Waals surface area contributed by atoms with Crippen molar-refractivity contribution in [2.45, 2.75) is 69.7 Å². The van der Waals surface area contributed by atoms with Crippen LogP contribution >= 0.6 is 11.8 Å². The van der Waals surface area contributed by atoms with E-state index in [9.17, 15) is 0 Å². The average Bonchev–Trinajstić information content (AvgIpc) is 2.92. The standard InChI is InChI=1S/C15H28N4S/c1-3-9-19-15(17-12-18-19)10-13(16-2)11-20-14-7-5-4-6-8-14/h12-14,16H,3-11H2,1-2H3. The van der Waals surface area contributed by atoms with Gasteiger partial charge in [0.15, 0.2) is 0 Å². The highest BCUT2D eigenvalue weighted by molar-refractivity contribution is 7.99. The monoisotopic (exact) mass is 296 g/mol. The topological polar surface area (TPSA) is 42.7 Å². The van der Waals surface area contributed by atoms with Crippen LogP contribution in [0.4, 0.5) is 0 Å². The minimum absolute atomic E-state index is 0.502. The van der Waals surface area contributed by atoms with Crippen molar-refractivity contribution < 1.29 is 0 Å². The van der Waals surface area contributed by atoms with Crippen molar-refractivity contribution in [3.8, 4) is 0 Å². The Morgan fingerprint density at radius 1 is 1.40 bits per heavy atom. The quantitative estimate of drug-likeness (QED) is 0.801. The molecular formula is C15H28N4S. The minimum Gasteiger partial charge on any atom is -0.316 e. The summed E-state index contributed by atoms with van der Waals surface area (Å²) in [6.45, 7) is 3.15. The highest BCUT2D eigenvalue weighted by Crippen LogP contribution is 2.28. The van der Waals surface area contributed by atoms with Gasteiger partial charge in [-0.1, -0.05) is 26.2 Å². The lowest BCUT2D eigenvalue weighted by atomic mass is 10.0. The molecule has 0 radical (unpaired) electrons. The van der Waals surface area contributed by atoms with E-state index in [1.165, 1.54) is 37.9 Å². The number of nitrogens with one attached hydrogen (secondary N) is 1. The third-order valence-corrected chi connectivity index (χ3v) is 5.59. The van der Waals surface area contributed by atoms with E-state index in [-0.39, 0.29) is 0 Å². The van der Waals surface area contributed by atoms with E-state index >= 15 is 0 Å². The zero-order chi connectivity index (χ0) is 14.2. The number of hydrogen-bond donors (Lipinski definition) is 1. The molecule has 0 aromatic carbocycles. The molecule has 2 rings (SSSR count). The summed E-state index contributed by atoms with van der Waals surface area (Å²) < 4.78 is 2.05. The summed E-state index contributed by atoms with van der Waals surface area (Å²) in [4.78, 5) is 4.42. The van der Waals surface area contributed by atoms with Crippen molar-refractivity contribution in [1.29, 1.82) is 0 Å². The number of likely N-dealkylation sites (N-methyl/N-ethyl adjacent to an activating group) is 1. The van der Waals surface area contributed by atoms with Gasteiger partial charge in [-0.05, 0) is 26.3 Å². The fraction of sp³-hybridized carbons (Fsp3) is 0.867. The fourth-order valence-corrected chi connectivity index (χ4v) is 4.25. The third-order valence-electron chi connectivity index (χ3n) is 4.05. The predicted molar refractivity (Wildman–Crippen MR) is 86.2 cm³/mol. The van der Waals surface area contributed by atoms with Crippen LogP contribution in [0.5, 0.6) is 0 Å². The third kappa shape index (κ3) is 4.77. The molecule has 0 spiro atoms. The number of thioether (sulfide) groups is 1. The Hall–Kier alpha value is -0.550. The molecular weight excluding hydrogens is 268 g/mol. The molecule has 5 heteroatoms. The summed E-state index contributed by atoms with van der Waals surface area (Å²) in [6.07, 6.45) is 10.9. The lowest BCUT2D eigenvalue weighted by Gasteiger charge is -2.23. The van der Waals surface area contributed by atoms with Gasteiger partial charge in [0.1, 0.15) is 12.2 Å². The number of hydrogen-bond acceptors (Lipinski definition) is 4. The van der Waals surface area contributed by atoms with E-state index in [4.69, 9.17) is 0 Å². The zero-order valence-corrected chi connectivity index (χ0v) is 13.7. The molecule has 1 atom stereocenters. The molecule has 1 heterocycles. The van der Waals surface area contributed by atoms with Crippen molar-refractivity contribution >= 4 is 11.8 Å². The van der Waals surface area contributed by atoms with Gasteiger partial charge in [-0.15, -0.1) is 0 Å². The molecule has 20 heavy (non-hydrogen) atoms. The van der Waals surface area contributed by atoms with Crippen LogP contribution in [0, 0.1) is 0 Å². The first-order valence-electron chi connectivity index (χ1n) is 7.99. The molecule has 1 aliphatic carbocycles. The molecule has 0 bridgehead atoms. The molecule has 0 amide bonds. The van der Waals surface area contributed by atoms with Crippen molar-refractivity contribution in [3.63, 3.8) is 0 Å². The van der Waals surface area contributed by atoms with Crippen molar-refractivity contribution in [3.05, 3.63) is 12.2 Å². The smallest absolute Gasteiger partial charge is 0.138 e. The van der Waals surface area contributed by atoms with Gasteiger partial charge in [-0.25, -0.2) is 4.98 Å². The first-order chi connectivity index (χ1) is 9.83. The van der Waals surface area contributed by atoms with Crippen LogP contribution in [0.3, 0.4) is 0 Å². The van der Waals surface area contributed by atoms with E-state index in [0.717, 1.165) is 30.5 Å². The van der Waals surface area contributed by atoms with Crippen molar-refractivity contribution in [1.82, 2.24) is 20.1 Å². The molecule has 1 unspecified atom stereocenters. The highest BCUT2D eigenvalue weighted by atomic mass is 32.2. The maximum atomic E-state index is 4.42. The Labute approximate surface area is 127 Å². The Balaban J connectivity index is 1.80. The van der Waals surface area contributed by atoms with Crippen LogP contribution in [0.1, 0.15) is 51.3 Å². The van der Waals surface area contributed by atoms with Gasteiger partial charge in [0.25, 0.3) is 0 Å². The van der Waals surface area contributed by atoms with Crippen LogP contribution < -0.4 is 5.32 Å². The summed E-state index contributed by atoms with van der Waals surface area (Å²) in [6, 6.07) is 0.502. The van der Waals surface area contributed by atoms with Crippen LogP contribution in [0.2, 0.25) is 0 Å². The van der Waals surface area contributed by atoms with E-state index < -0.39 is 0 Å². The van der Waals surface area contributed by atoms with Gasteiger partial charge in [0.2, 0.25) is 0 Å². The minimum atomic E-state index is 0.502. The summed E-state index contributed by atoms with van der Waals surface area (Å²) in [5.74, 6) is 2.30. The number of aryl methyl sites for hydroxylation is 1. The Morgan fingerprint density at radius 3 is 2.90 bits per heavy atom. The molecule has 1 aliphatic rings. The second-order valence-electron chi connectivity index (χ2n) is 5.68. The molecule has 4 nitrogen and oxygen atoms in total. The van der Waals surface area contributed by atoms with Crippen molar-refractivity contribution in [2.75, 3.05) is 12.8 Å². The molecule has 114 valence electrons. The molecule has 1 aromatic rings. The highest BCUT2D eigenvalue weighted by Gasteiger charge is 2.17. The fourth-order valence-electron chi connectivity index (χ4n) is 2.79. The van der Waals surface area contributed by atoms with E-state index in [2.05, 4.69) is 45.8 Å². The predicted octanol–water partition coefficient (Wildman–Crippen LogP) is 2.88. The van der Waals surface area contributed by atoms with Gasteiger partial charge in [0, 0.05) is 30.0 Å². The zero-order valence-electron chi connectivity index (χ0n) is 12.8. The Kier molecular flexibility index (Phi) is 6.87. The van der Waals surface area contributed by atoms with Crippen LogP contribution in [-0.2, 0) is 13.0 Å². The van der Waals surface area contributed by atoms with Crippen molar-refractivity contribution in [2.24, 2.45) is 0 Å². The molecule has 0 saturated heterocycles. The first-order valence-corrected chi connectivity index (χ1v) is 9.04. The summed E-state index contributed by atoms with van der Waals surface area (Å²) in [5, 5.41) is 8.64. The molecule has 0 aliphatic heterocycles. The maximum absolute atomic E-state index is 4.42. The maximum Gasteiger partial charge on any atom is 0.138 e. The lowest BCUT2D eigenvalue weighted by molar-refractivity contribution is 0.510. The first kappa shape index (κ1) is 15.8. The second kappa shape index (κ2) is 8.67. The molecule has 1 fully saturated rings. The van der Waals surface area contributed by atoms with Gasteiger partial charge < -0.3 is 5.32 Å². The van der Waals surface area contributed by atoms with E-state index in [1.54, 1.807) is 6.33 Å². The van der Waals surface area contributed by atoms with Crippen LogP contribution in [0.15, 0.2) is 6.33 Å². The van der Waals surface area contributed by atoms with Crippen LogP contribution in [0.25, 0.3) is 0 Å². The average molecular weight is 296 g/mol. The van der Waals surface area contributed by atoms with E-state index in [0.29, 0.717) is 6.04 Å².